The number of aliphatic carboxylic acids is 1. The summed E-state index contributed by atoms with van der Waals surface area (Å²) in [6, 6.07) is 10.9. The summed E-state index contributed by atoms with van der Waals surface area (Å²) in [6.07, 6.45) is 2.16. The van der Waals surface area contributed by atoms with Gasteiger partial charge in [-0.25, -0.2) is 4.98 Å². The number of carbonyl (C=O) groups excluding carboxylic acids is 1. The minimum atomic E-state index is -1.11. The fourth-order valence-electron chi connectivity index (χ4n) is 2.64. The summed E-state index contributed by atoms with van der Waals surface area (Å²) >= 11 is 0. The Balaban J connectivity index is 1.82. The number of ether oxygens (including phenoxy) is 2. The maximum absolute atomic E-state index is 11.0. The van der Waals surface area contributed by atoms with Crippen molar-refractivity contribution in [3.8, 4) is 11.6 Å². The van der Waals surface area contributed by atoms with E-state index in [-0.39, 0.29) is 12.5 Å². The van der Waals surface area contributed by atoms with Crippen molar-refractivity contribution < 1.29 is 23.9 Å². The van der Waals surface area contributed by atoms with Crippen LogP contribution in [0.2, 0.25) is 0 Å². The third kappa shape index (κ3) is 8.68. The summed E-state index contributed by atoms with van der Waals surface area (Å²) < 4.78 is 11.9. The summed E-state index contributed by atoms with van der Waals surface area (Å²) in [4.78, 5) is 19.5. The molecule has 1 aromatic carbocycles. The number of benzene rings is 1. The lowest BCUT2D eigenvalue weighted by atomic mass is 10.2. The highest BCUT2D eigenvalue weighted by atomic mass is 16.5. The molecule has 2 rings (SSSR count). The summed E-state index contributed by atoms with van der Waals surface area (Å²) in [5, 5.41) is 14.1. The van der Waals surface area contributed by atoms with Crippen molar-refractivity contribution in [3.63, 3.8) is 0 Å². The van der Waals surface area contributed by atoms with Gasteiger partial charge in [-0.3, -0.25) is 0 Å². The Morgan fingerprint density at radius 3 is 2.54 bits per heavy atom. The van der Waals surface area contributed by atoms with E-state index in [1.807, 2.05) is 51.5 Å². The van der Waals surface area contributed by atoms with Crippen LogP contribution in [0.3, 0.4) is 0 Å². The molecule has 0 saturated carbocycles. The van der Waals surface area contributed by atoms with Crippen molar-refractivity contribution in [1.82, 2.24) is 9.97 Å². The van der Waals surface area contributed by atoms with Gasteiger partial charge in [-0.2, -0.15) is 4.98 Å². The summed E-state index contributed by atoms with van der Waals surface area (Å²) in [7, 11) is 5.96. The van der Waals surface area contributed by atoms with E-state index >= 15 is 0 Å². The number of carboxylic acids is 1. The summed E-state index contributed by atoms with van der Waals surface area (Å²) in [5.74, 6) is 0.469. The average Bonchev–Trinajstić information content (AvgIpc) is 2.60. The van der Waals surface area contributed by atoms with Crippen LogP contribution in [-0.2, 0) is 4.79 Å². The van der Waals surface area contributed by atoms with Gasteiger partial charge in [-0.15, -0.1) is 0 Å². The minimum Gasteiger partial charge on any atom is -0.550 e. The number of quaternary nitrogens is 1. The van der Waals surface area contributed by atoms with Gasteiger partial charge in [0.1, 0.15) is 5.75 Å². The Morgan fingerprint density at radius 2 is 1.86 bits per heavy atom. The molecule has 0 bridgehead atoms. The molecule has 0 aliphatic rings. The zero-order valence-corrected chi connectivity index (χ0v) is 16.6. The molecule has 1 unspecified atom stereocenters. The lowest BCUT2D eigenvalue weighted by molar-refractivity contribution is -0.870. The number of hydrogen-bond donors (Lipinski definition) is 1. The van der Waals surface area contributed by atoms with Crippen LogP contribution >= 0.6 is 0 Å². The van der Waals surface area contributed by atoms with Crippen LogP contribution in [0.25, 0.3) is 0 Å². The first-order valence-corrected chi connectivity index (χ1v) is 9.22. The second kappa shape index (κ2) is 10.5. The normalized spacial score (nSPS) is 12.2. The number of rotatable bonds is 12. The molecule has 0 saturated heterocycles. The zero-order valence-electron chi connectivity index (χ0n) is 16.6. The van der Waals surface area contributed by atoms with E-state index in [9.17, 15) is 9.90 Å². The van der Waals surface area contributed by atoms with Crippen LogP contribution in [0.1, 0.15) is 12.8 Å². The van der Waals surface area contributed by atoms with Crippen LogP contribution in [0.15, 0.2) is 42.6 Å². The van der Waals surface area contributed by atoms with Crippen molar-refractivity contribution in [2.45, 2.75) is 18.9 Å². The van der Waals surface area contributed by atoms with E-state index in [4.69, 9.17) is 9.47 Å². The maximum Gasteiger partial charge on any atom is 0.226 e. The molecule has 0 fully saturated rings. The van der Waals surface area contributed by atoms with Gasteiger partial charge in [0.25, 0.3) is 0 Å². The standard InChI is InChI=1S/C20H28N4O4/c1-24(2,3)15-16(14-19(25)26)22-20-21-11-10-18(23-20)28-13-7-12-27-17-8-5-4-6-9-17/h4-6,8-11,16H,7,12-15H2,1-3H3,(H-,21,22,23,25,26). The Bertz CT molecular complexity index is 734. The molecule has 0 aliphatic heterocycles. The van der Waals surface area contributed by atoms with E-state index < -0.39 is 5.97 Å². The second-order valence-corrected chi connectivity index (χ2v) is 7.47. The van der Waals surface area contributed by atoms with Gasteiger partial charge in [-0.1, -0.05) is 18.2 Å². The second-order valence-electron chi connectivity index (χ2n) is 7.47. The Kier molecular flexibility index (Phi) is 8.01. The Hall–Kier alpha value is -2.87. The molecule has 0 amide bonds. The fraction of sp³-hybridized carbons (Fsp3) is 0.450. The molecule has 2 aromatic rings. The molecule has 1 atom stereocenters. The van der Waals surface area contributed by atoms with E-state index in [0.29, 0.717) is 42.5 Å². The lowest BCUT2D eigenvalue weighted by Gasteiger charge is -2.30. The van der Waals surface area contributed by atoms with Crippen LogP contribution < -0.4 is 19.9 Å². The SMILES string of the molecule is C[N+](C)(C)CC(CC(=O)[O-])Nc1nccc(OCCCOc2ccccc2)n1. The van der Waals surface area contributed by atoms with Crippen LogP contribution in [0.4, 0.5) is 5.95 Å². The molecule has 1 aromatic heterocycles. The van der Waals surface area contributed by atoms with Crippen LogP contribution in [0.5, 0.6) is 11.6 Å². The third-order valence-electron chi connectivity index (χ3n) is 3.69. The van der Waals surface area contributed by atoms with Gasteiger partial charge in [0, 0.05) is 31.1 Å². The highest BCUT2D eigenvalue weighted by Gasteiger charge is 2.19. The van der Waals surface area contributed by atoms with Gasteiger partial charge in [0.2, 0.25) is 11.8 Å². The van der Waals surface area contributed by atoms with Crippen molar-refractivity contribution in [2.24, 2.45) is 0 Å². The lowest BCUT2D eigenvalue weighted by Crippen LogP contribution is -2.46. The van der Waals surface area contributed by atoms with E-state index in [1.54, 1.807) is 12.3 Å². The molecule has 8 heteroatoms. The molecule has 1 heterocycles. The number of nitrogens with one attached hydrogen (secondary N) is 1. The van der Waals surface area contributed by atoms with Crippen molar-refractivity contribution in [1.29, 1.82) is 0 Å². The van der Waals surface area contributed by atoms with Crippen molar-refractivity contribution >= 4 is 11.9 Å². The highest BCUT2D eigenvalue weighted by molar-refractivity contribution is 5.65. The zero-order chi connectivity index (χ0) is 20.4. The van der Waals surface area contributed by atoms with Gasteiger partial charge in [0.05, 0.1) is 46.9 Å². The van der Waals surface area contributed by atoms with Gasteiger partial charge in [0.15, 0.2) is 0 Å². The monoisotopic (exact) mass is 388 g/mol. The number of nitrogens with zero attached hydrogens (tertiary/aromatic N) is 3. The van der Waals surface area contributed by atoms with Gasteiger partial charge in [-0.05, 0) is 12.1 Å². The molecule has 8 nitrogen and oxygen atoms in total. The van der Waals surface area contributed by atoms with Gasteiger partial charge < -0.3 is 29.2 Å². The molecule has 0 spiro atoms. The topological polar surface area (TPSA) is 96.4 Å². The largest absolute Gasteiger partial charge is 0.550 e. The Labute approximate surface area is 165 Å². The van der Waals surface area contributed by atoms with Gasteiger partial charge >= 0.3 is 0 Å². The van der Waals surface area contributed by atoms with Crippen molar-refractivity contribution in [3.05, 3.63) is 42.6 Å². The maximum atomic E-state index is 11.0. The number of aromatic nitrogens is 2. The molecule has 28 heavy (non-hydrogen) atoms. The molecule has 0 radical (unpaired) electrons. The first-order valence-electron chi connectivity index (χ1n) is 9.22. The average molecular weight is 388 g/mol. The minimum absolute atomic E-state index is 0.124. The fourth-order valence-corrected chi connectivity index (χ4v) is 2.64. The molecular formula is C20H28N4O4. The summed E-state index contributed by atoms with van der Waals surface area (Å²) in [6.45, 7) is 1.57. The van der Waals surface area contributed by atoms with Crippen LogP contribution in [-0.4, -0.2) is 67.4 Å². The molecule has 152 valence electrons. The van der Waals surface area contributed by atoms with E-state index in [0.717, 1.165) is 5.75 Å². The number of likely N-dealkylation sites (N-methyl/N-ethyl adjacent to an activating group) is 1. The third-order valence-corrected chi connectivity index (χ3v) is 3.69. The first-order chi connectivity index (χ1) is 13.3. The summed E-state index contributed by atoms with van der Waals surface area (Å²) in [5.41, 5.74) is 0. The molecule has 1 N–H and O–H groups in total. The predicted octanol–water partition coefficient (Wildman–Crippen LogP) is 0.951. The highest BCUT2D eigenvalue weighted by Crippen LogP contribution is 2.12. The first kappa shape index (κ1) is 21.4. The number of anilines is 1. The number of carboxylic acid groups (broad SMARTS) is 1. The predicted molar refractivity (Wildman–Crippen MR) is 104 cm³/mol. The number of hydrogen-bond acceptors (Lipinski definition) is 7. The van der Waals surface area contributed by atoms with E-state index in [1.165, 1.54) is 0 Å². The van der Waals surface area contributed by atoms with E-state index in [2.05, 4.69) is 15.3 Å². The quantitative estimate of drug-likeness (QED) is 0.427. The smallest absolute Gasteiger partial charge is 0.226 e. The van der Waals surface area contributed by atoms with Crippen molar-refractivity contribution in [2.75, 3.05) is 46.2 Å². The van der Waals surface area contributed by atoms with Crippen LogP contribution in [0, 0.1) is 0 Å². The molecular weight excluding hydrogens is 360 g/mol. The number of carbonyl (C=O) groups is 1. The number of para-hydroxylation sites is 1. The Morgan fingerprint density at radius 1 is 1.14 bits per heavy atom. The molecule has 0 aliphatic carbocycles.